The van der Waals surface area contributed by atoms with Crippen LogP contribution in [0.2, 0.25) is 0 Å². The van der Waals surface area contributed by atoms with Gasteiger partial charge in [-0.2, -0.15) is 0 Å². The maximum Gasteiger partial charge on any atom is 0.268 e. The van der Waals surface area contributed by atoms with Crippen LogP contribution in [0.4, 0.5) is 5.69 Å². The van der Waals surface area contributed by atoms with Crippen LogP contribution >= 0.6 is 0 Å². The summed E-state index contributed by atoms with van der Waals surface area (Å²) in [5, 5.41) is 2.67. The molecule has 3 heterocycles. The number of fused-ring (bicyclic) bond motifs is 2. The number of benzene rings is 1. The lowest BCUT2D eigenvalue weighted by molar-refractivity contribution is -0.118. The Labute approximate surface area is 162 Å². The molecule has 28 heavy (non-hydrogen) atoms. The van der Waals surface area contributed by atoms with Crippen LogP contribution in [0.1, 0.15) is 37.2 Å². The Bertz CT molecular complexity index is 1190. The number of nitrogens with one attached hydrogen (secondary N) is 1. The van der Waals surface area contributed by atoms with E-state index in [-0.39, 0.29) is 17.4 Å². The zero-order chi connectivity index (χ0) is 19.3. The second-order valence-corrected chi connectivity index (χ2v) is 9.05. The highest BCUT2D eigenvalue weighted by atomic mass is 32.2. The summed E-state index contributed by atoms with van der Waals surface area (Å²) >= 11 is 0. The van der Waals surface area contributed by atoms with Gasteiger partial charge in [0, 0.05) is 24.0 Å². The lowest BCUT2D eigenvalue weighted by atomic mass is 10.00. The summed E-state index contributed by atoms with van der Waals surface area (Å²) in [7, 11) is -3.84. The fraction of sp³-hybridized carbons (Fsp3) is 0.300. The van der Waals surface area contributed by atoms with E-state index in [2.05, 4.69) is 10.3 Å². The lowest BCUT2D eigenvalue weighted by Gasteiger charge is -2.18. The average Bonchev–Trinajstić information content (AvgIpc) is 3.35. The Balaban J connectivity index is 1.64. The van der Waals surface area contributed by atoms with Crippen molar-refractivity contribution >= 4 is 32.7 Å². The number of hydrogen-bond acceptors (Lipinski definition) is 5. The van der Waals surface area contributed by atoms with Gasteiger partial charge in [0.1, 0.15) is 5.75 Å². The third-order valence-corrected chi connectivity index (χ3v) is 7.16. The number of amides is 1. The van der Waals surface area contributed by atoms with Crippen molar-refractivity contribution in [2.45, 2.75) is 36.5 Å². The fourth-order valence-electron chi connectivity index (χ4n) is 4.12. The van der Waals surface area contributed by atoms with Crippen LogP contribution < -0.4 is 10.1 Å². The largest absolute Gasteiger partial charge is 0.482 e. The topological polar surface area (TPSA) is 90.3 Å². The predicted molar refractivity (Wildman–Crippen MR) is 104 cm³/mol. The van der Waals surface area contributed by atoms with Gasteiger partial charge in [-0.3, -0.25) is 9.78 Å². The first-order valence-electron chi connectivity index (χ1n) is 9.32. The highest BCUT2D eigenvalue weighted by Gasteiger charge is 2.28. The maximum absolute atomic E-state index is 13.4. The van der Waals surface area contributed by atoms with Crippen LogP contribution in [0, 0.1) is 0 Å². The number of anilines is 1. The quantitative estimate of drug-likeness (QED) is 0.733. The van der Waals surface area contributed by atoms with Crippen molar-refractivity contribution in [3.05, 3.63) is 48.3 Å². The predicted octanol–water partition coefficient (Wildman–Crippen LogP) is 3.26. The summed E-state index contributed by atoms with van der Waals surface area (Å²) in [6.45, 7) is -0.126. The van der Waals surface area contributed by atoms with E-state index in [1.54, 1.807) is 30.6 Å². The average molecular weight is 397 g/mol. The zero-order valence-electron chi connectivity index (χ0n) is 15.1. The number of carbonyl (C=O) groups is 1. The molecule has 1 saturated carbocycles. The number of aromatic nitrogens is 2. The first-order chi connectivity index (χ1) is 13.5. The van der Waals surface area contributed by atoms with Crippen molar-refractivity contribution in [1.82, 2.24) is 8.96 Å². The molecule has 1 fully saturated rings. The molecule has 1 aromatic carbocycles. The number of hydrogen-bond donors (Lipinski definition) is 1. The minimum absolute atomic E-state index is 0.112. The highest BCUT2D eigenvalue weighted by Crippen LogP contribution is 2.39. The normalized spacial score (nSPS) is 17.4. The van der Waals surface area contributed by atoms with Gasteiger partial charge in [-0.15, -0.1) is 0 Å². The van der Waals surface area contributed by atoms with E-state index >= 15 is 0 Å². The molecule has 0 atom stereocenters. The van der Waals surface area contributed by atoms with E-state index in [1.807, 2.05) is 0 Å². The lowest BCUT2D eigenvalue weighted by Crippen LogP contribution is -2.25. The van der Waals surface area contributed by atoms with Crippen LogP contribution in [-0.2, 0) is 14.8 Å². The number of carbonyl (C=O) groups excluding carboxylic acids is 1. The van der Waals surface area contributed by atoms with Crippen molar-refractivity contribution in [3.63, 3.8) is 0 Å². The zero-order valence-corrected chi connectivity index (χ0v) is 15.9. The maximum atomic E-state index is 13.4. The minimum Gasteiger partial charge on any atom is -0.482 e. The Morgan fingerprint density at radius 1 is 1.18 bits per heavy atom. The molecule has 3 aromatic rings. The van der Waals surface area contributed by atoms with E-state index in [9.17, 15) is 13.2 Å². The molecule has 144 valence electrons. The molecular weight excluding hydrogens is 378 g/mol. The van der Waals surface area contributed by atoms with Crippen LogP contribution in [0.5, 0.6) is 5.75 Å². The SMILES string of the molecule is O=C1COc2cc(S(=O)(=O)n3cc(C4CCCC4)c4ncccc43)ccc2N1. The van der Waals surface area contributed by atoms with E-state index < -0.39 is 10.0 Å². The van der Waals surface area contributed by atoms with Crippen molar-refractivity contribution in [3.8, 4) is 5.75 Å². The number of rotatable bonds is 3. The van der Waals surface area contributed by atoms with Crippen molar-refractivity contribution in [1.29, 1.82) is 0 Å². The molecule has 0 unspecified atom stereocenters. The number of ether oxygens (including phenoxy) is 1. The first-order valence-corrected chi connectivity index (χ1v) is 10.8. The Kier molecular flexibility index (Phi) is 3.90. The second-order valence-electron chi connectivity index (χ2n) is 7.23. The van der Waals surface area contributed by atoms with Gasteiger partial charge in [0.2, 0.25) is 0 Å². The van der Waals surface area contributed by atoms with Crippen molar-refractivity contribution in [2.24, 2.45) is 0 Å². The Morgan fingerprint density at radius 3 is 2.82 bits per heavy atom. The molecule has 1 aliphatic carbocycles. The third kappa shape index (κ3) is 2.67. The Morgan fingerprint density at radius 2 is 2.00 bits per heavy atom. The van der Waals surface area contributed by atoms with Gasteiger partial charge in [0.05, 0.1) is 21.6 Å². The van der Waals surface area contributed by atoms with Crippen LogP contribution in [0.15, 0.2) is 47.6 Å². The number of nitrogens with zero attached hydrogens (tertiary/aromatic N) is 2. The van der Waals surface area contributed by atoms with Gasteiger partial charge in [0.25, 0.3) is 15.9 Å². The first kappa shape index (κ1) is 17.2. The van der Waals surface area contributed by atoms with Crippen LogP contribution in [0.25, 0.3) is 11.0 Å². The summed E-state index contributed by atoms with van der Waals surface area (Å²) in [6, 6.07) is 8.04. The summed E-state index contributed by atoms with van der Waals surface area (Å²) in [5.74, 6) is 0.439. The molecule has 0 saturated heterocycles. The highest BCUT2D eigenvalue weighted by molar-refractivity contribution is 7.90. The molecule has 1 aliphatic heterocycles. The molecule has 1 amide bonds. The molecule has 7 nitrogen and oxygen atoms in total. The van der Waals surface area contributed by atoms with Gasteiger partial charge >= 0.3 is 0 Å². The molecule has 2 aliphatic rings. The van der Waals surface area contributed by atoms with E-state index in [0.717, 1.165) is 36.8 Å². The molecule has 8 heteroatoms. The van der Waals surface area contributed by atoms with Crippen molar-refractivity contribution < 1.29 is 17.9 Å². The van der Waals surface area contributed by atoms with Gasteiger partial charge in [-0.1, -0.05) is 12.8 Å². The molecule has 0 radical (unpaired) electrons. The minimum atomic E-state index is -3.84. The molecule has 0 bridgehead atoms. The van der Waals surface area contributed by atoms with Gasteiger partial charge in [-0.05, 0) is 43.0 Å². The summed E-state index contributed by atoms with van der Waals surface area (Å²) in [6.07, 6.45) is 7.86. The third-order valence-electron chi connectivity index (χ3n) is 5.49. The van der Waals surface area contributed by atoms with Crippen molar-refractivity contribution in [2.75, 3.05) is 11.9 Å². The summed E-state index contributed by atoms with van der Waals surface area (Å²) in [5.41, 5.74) is 2.80. The second kappa shape index (κ2) is 6.34. The van der Waals surface area contributed by atoms with Crippen LogP contribution in [0.3, 0.4) is 0 Å². The molecule has 5 rings (SSSR count). The standard InChI is InChI=1S/C20H19N3O4S/c24-19-12-27-18-10-14(7-8-16(18)22-19)28(25,26)23-11-15(13-4-1-2-5-13)20-17(23)6-3-9-21-20/h3,6-11,13H,1-2,4-5,12H2,(H,22,24). The van der Waals surface area contributed by atoms with E-state index in [0.29, 0.717) is 22.9 Å². The van der Waals surface area contributed by atoms with Gasteiger partial charge < -0.3 is 10.1 Å². The smallest absolute Gasteiger partial charge is 0.268 e. The van der Waals surface area contributed by atoms with E-state index in [4.69, 9.17) is 4.74 Å². The van der Waals surface area contributed by atoms with Gasteiger partial charge in [-0.25, -0.2) is 12.4 Å². The summed E-state index contributed by atoms with van der Waals surface area (Å²) in [4.78, 5) is 16.0. The summed E-state index contributed by atoms with van der Waals surface area (Å²) < 4.78 is 33.5. The fourth-order valence-corrected chi connectivity index (χ4v) is 5.50. The van der Waals surface area contributed by atoms with Crippen LogP contribution in [-0.4, -0.2) is 29.9 Å². The monoisotopic (exact) mass is 397 g/mol. The Hall–Kier alpha value is -2.87. The van der Waals surface area contributed by atoms with E-state index in [1.165, 1.54) is 16.1 Å². The molecule has 1 N–H and O–H groups in total. The molecule has 2 aromatic heterocycles. The van der Waals surface area contributed by atoms with Gasteiger partial charge in [0.15, 0.2) is 6.61 Å². The number of pyridine rings is 1. The molecular formula is C20H19N3O4S. The molecule has 0 spiro atoms.